The summed E-state index contributed by atoms with van der Waals surface area (Å²) in [5.41, 5.74) is 1.60. The molecular formula is C18H23N3OS. The molecule has 1 fully saturated rings. The number of rotatable bonds is 4. The predicted octanol–water partition coefficient (Wildman–Crippen LogP) is 4.73. The number of anilines is 2. The van der Waals surface area contributed by atoms with E-state index in [9.17, 15) is 4.79 Å². The fourth-order valence-corrected chi connectivity index (χ4v) is 3.57. The second kappa shape index (κ2) is 8.11. The van der Waals surface area contributed by atoms with Crippen molar-refractivity contribution >= 4 is 28.1 Å². The maximum atomic E-state index is 12.5. The Kier molecular flexibility index (Phi) is 5.64. The number of carbonyl (C=O) groups is 1. The standard InChI is InChI=1S/C18H23N3OS/c22-17(20-15-8-4-2-1-3-5-9-15)14-7-6-10-16(13-14)21-18-19-11-12-23-18/h6-7,10-13,15H,1-5,8-9H2,(H,19,21)(H,20,22). The zero-order valence-corrected chi connectivity index (χ0v) is 14.1. The van der Waals surface area contributed by atoms with Crippen LogP contribution in [-0.4, -0.2) is 16.9 Å². The molecule has 1 amide bonds. The quantitative estimate of drug-likeness (QED) is 0.852. The van der Waals surface area contributed by atoms with Gasteiger partial charge in [0.2, 0.25) is 0 Å². The van der Waals surface area contributed by atoms with Crippen LogP contribution in [0.4, 0.5) is 10.8 Å². The maximum Gasteiger partial charge on any atom is 0.251 e. The summed E-state index contributed by atoms with van der Waals surface area (Å²) in [5, 5.41) is 9.20. The fourth-order valence-electron chi connectivity index (χ4n) is 3.02. The lowest BCUT2D eigenvalue weighted by atomic mass is 9.96. The summed E-state index contributed by atoms with van der Waals surface area (Å²) >= 11 is 1.54. The van der Waals surface area contributed by atoms with Crippen LogP contribution in [0.2, 0.25) is 0 Å². The van der Waals surface area contributed by atoms with Crippen molar-refractivity contribution in [3.63, 3.8) is 0 Å². The Morgan fingerprint density at radius 1 is 1.13 bits per heavy atom. The molecule has 1 aliphatic rings. The maximum absolute atomic E-state index is 12.5. The molecule has 5 heteroatoms. The van der Waals surface area contributed by atoms with Gasteiger partial charge >= 0.3 is 0 Å². The largest absolute Gasteiger partial charge is 0.349 e. The summed E-state index contributed by atoms with van der Waals surface area (Å²) in [6.07, 6.45) is 10.3. The van der Waals surface area contributed by atoms with E-state index in [1.165, 1.54) is 32.1 Å². The molecule has 0 radical (unpaired) electrons. The molecule has 2 aromatic rings. The van der Waals surface area contributed by atoms with Gasteiger partial charge in [-0.25, -0.2) is 4.98 Å². The van der Waals surface area contributed by atoms with Crippen molar-refractivity contribution in [1.82, 2.24) is 10.3 Å². The van der Waals surface area contributed by atoms with E-state index < -0.39 is 0 Å². The number of carbonyl (C=O) groups excluding carboxylic acids is 1. The molecule has 3 rings (SSSR count). The molecule has 4 nitrogen and oxygen atoms in total. The number of nitrogens with one attached hydrogen (secondary N) is 2. The number of aromatic nitrogens is 1. The van der Waals surface area contributed by atoms with Gasteiger partial charge in [0.15, 0.2) is 5.13 Å². The third-order valence-electron chi connectivity index (χ3n) is 4.25. The Labute approximate surface area is 141 Å². The zero-order chi connectivity index (χ0) is 15.9. The van der Waals surface area contributed by atoms with Crippen LogP contribution in [0.5, 0.6) is 0 Å². The van der Waals surface area contributed by atoms with E-state index in [0.717, 1.165) is 23.7 Å². The molecule has 0 spiro atoms. The first-order valence-corrected chi connectivity index (χ1v) is 9.27. The van der Waals surface area contributed by atoms with E-state index in [1.807, 2.05) is 29.6 Å². The molecule has 1 saturated carbocycles. The molecule has 23 heavy (non-hydrogen) atoms. The van der Waals surface area contributed by atoms with Crippen LogP contribution in [0.15, 0.2) is 35.8 Å². The van der Waals surface area contributed by atoms with Crippen molar-refractivity contribution in [2.24, 2.45) is 0 Å². The van der Waals surface area contributed by atoms with Gasteiger partial charge < -0.3 is 10.6 Å². The topological polar surface area (TPSA) is 54.0 Å². The number of thiazole rings is 1. The van der Waals surface area contributed by atoms with Gasteiger partial charge in [-0.2, -0.15) is 0 Å². The normalized spacial score (nSPS) is 16.3. The molecule has 0 atom stereocenters. The summed E-state index contributed by atoms with van der Waals surface area (Å²) in [6.45, 7) is 0. The van der Waals surface area contributed by atoms with E-state index in [0.29, 0.717) is 11.6 Å². The molecule has 122 valence electrons. The average Bonchev–Trinajstić information content (AvgIpc) is 3.03. The Morgan fingerprint density at radius 2 is 1.91 bits per heavy atom. The highest BCUT2D eigenvalue weighted by Gasteiger charge is 2.15. The zero-order valence-electron chi connectivity index (χ0n) is 13.3. The van der Waals surface area contributed by atoms with Gasteiger partial charge in [-0.15, -0.1) is 11.3 Å². The van der Waals surface area contributed by atoms with Crippen molar-refractivity contribution in [1.29, 1.82) is 0 Å². The molecule has 1 heterocycles. The molecule has 0 saturated heterocycles. The summed E-state index contributed by atoms with van der Waals surface area (Å²) < 4.78 is 0. The fraction of sp³-hybridized carbons (Fsp3) is 0.444. The summed E-state index contributed by atoms with van der Waals surface area (Å²) in [4.78, 5) is 16.7. The lowest BCUT2D eigenvalue weighted by molar-refractivity contribution is 0.0930. The SMILES string of the molecule is O=C(NC1CCCCCCC1)c1cccc(Nc2nccs2)c1. The number of benzene rings is 1. The molecule has 1 aromatic carbocycles. The average molecular weight is 329 g/mol. The van der Waals surface area contributed by atoms with Crippen LogP contribution in [0, 0.1) is 0 Å². The van der Waals surface area contributed by atoms with Gasteiger partial charge in [0.1, 0.15) is 0 Å². The summed E-state index contributed by atoms with van der Waals surface area (Å²) in [7, 11) is 0. The lowest BCUT2D eigenvalue weighted by Gasteiger charge is -2.21. The minimum Gasteiger partial charge on any atom is -0.349 e. The van der Waals surface area contributed by atoms with Crippen LogP contribution in [0.1, 0.15) is 55.3 Å². The van der Waals surface area contributed by atoms with E-state index in [1.54, 1.807) is 17.5 Å². The Bertz CT molecular complexity index is 619. The first-order valence-electron chi connectivity index (χ1n) is 8.39. The van der Waals surface area contributed by atoms with Gasteiger partial charge in [-0.1, -0.05) is 38.2 Å². The van der Waals surface area contributed by atoms with Gasteiger partial charge in [0.25, 0.3) is 5.91 Å². The first kappa shape index (κ1) is 16.0. The third-order valence-corrected chi connectivity index (χ3v) is 4.94. The minimum atomic E-state index is 0.0263. The van der Waals surface area contributed by atoms with Crippen LogP contribution < -0.4 is 10.6 Å². The number of nitrogens with zero attached hydrogens (tertiary/aromatic N) is 1. The highest BCUT2D eigenvalue weighted by atomic mass is 32.1. The Balaban J connectivity index is 1.62. The molecule has 1 aromatic heterocycles. The third kappa shape index (κ3) is 4.79. The molecular weight excluding hydrogens is 306 g/mol. The number of amides is 1. The molecule has 0 bridgehead atoms. The van der Waals surface area contributed by atoms with Crippen molar-refractivity contribution in [3.8, 4) is 0 Å². The highest BCUT2D eigenvalue weighted by molar-refractivity contribution is 7.13. The summed E-state index contributed by atoms with van der Waals surface area (Å²) in [5.74, 6) is 0.0263. The molecule has 1 aliphatic carbocycles. The number of hydrogen-bond donors (Lipinski definition) is 2. The Hall–Kier alpha value is -1.88. The highest BCUT2D eigenvalue weighted by Crippen LogP contribution is 2.20. The van der Waals surface area contributed by atoms with E-state index in [4.69, 9.17) is 0 Å². The molecule has 0 aliphatic heterocycles. The molecule has 2 N–H and O–H groups in total. The van der Waals surface area contributed by atoms with Crippen molar-refractivity contribution in [3.05, 3.63) is 41.4 Å². The second-order valence-electron chi connectivity index (χ2n) is 6.06. The first-order chi connectivity index (χ1) is 11.3. The van der Waals surface area contributed by atoms with Crippen molar-refractivity contribution in [2.45, 2.75) is 51.0 Å². The van der Waals surface area contributed by atoms with Gasteiger partial charge in [-0.3, -0.25) is 4.79 Å². The van der Waals surface area contributed by atoms with Crippen LogP contribution >= 0.6 is 11.3 Å². The van der Waals surface area contributed by atoms with Crippen LogP contribution in [0.25, 0.3) is 0 Å². The van der Waals surface area contributed by atoms with Crippen LogP contribution in [0.3, 0.4) is 0 Å². The monoisotopic (exact) mass is 329 g/mol. The Morgan fingerprint density at radius 3 is 2.65 bits per heavy atom. The lowest BCUT2D eigenvalue weighted by Crippen LogP contribution is -2.35. The number of hydrogen-bond acceptors (Lipinski definition) is 4. The van der Waals surface area contributed by atoms with E-state index in [-0.39, 0.29) is 5.91 Å². The van der Waals surface area contributed by atoms with E-state index >= 15 is 0 Å². The molecule has 0 unspecified atom stereocenters. The smallest absolute Gasteiger partial charge is 0.251 e. The van der Waals surface area contributed by atoms with Gasteiger partial charge in [-0.05, 0) is 31.0 Å². The minimum absolute atomic E-state index is 0.0263. The van der Waals surface area contributed by atoms with Gasteiger partial charge in [0.05, 0.1) is 0 Å². The second-order valence-corrected chi connectivity index (χ2v) is 6.95. The predicted molar refractivity (Wildman–Crippen MR) is 95.4 cm³/mol. The van der Waals surface area contributed by atoms with E-state index in [2.05, 4.69) is 15.6 Å². The van der Waals surface area contributed by atoms with Crippen molar-refractivity contribution in [2.75, 3.05) is 5.32 Å². The summed E-state index contributed by atoms with van der Waals surface area (Å²) in [6, 6.07) is 7.93. The van der Waals surface area contributed by atoms with Crippen molar-refractivity contribution < 1.29 is 4.79 Å². The van der Waals surface area contributed by atoms with Gasteiger partial charge in [0, 0.05) is 28.9 Å². The van der Waals surface area contributed by atoms with Crippen LogP contribution in [-0.2, 0) is 0 Å².